The van der Waals surface area contributed by atoms with Crippen molar-refractivity contribution in [1.29, 1.82) is 0 Å². The lowest BCUT2D eigenvalue weighted by Gasteiger charge is -2.41. The minimum absolute atomic E-state index is 0.0402. The van der Waals surface area contributed by atoms with Gasteiger partial charge in [-0.1, -0.05) is 0 Å². The Balaban J connectivity index is 1.66. The third-order valence-electron chi connectivity index (χ3n) is 5.02. The van der Waals surface area contributed by atoms with Crippen LogP contribution in [0.5, 0.6) is 0 Å². The zero-order valence-electron chi connectivity index (χ0n) is 13.4. The minimum Gasteiger partial charge on any atom is -0.425 e. The molecular formula is C16H20N4O3. The molecular weight excluding hydrogens is 296 g/mol. The van der Waals surface area contributed by atoms with Gasteiger partial charge in [-0.2, -0.15) is 0 Å². The van der Waals surface area contributed by atoms with Gasteiger partial charge in [0.05, 0.1) is 11.5 Å². The first-order valence-corrected chi connectivity index (χ1v) is 7.93. The van der Waals surface area contributed by atoms with Crippen molar-refractivity contribution in [2.75, 3.05) is 19.7 Å². The normalized spacial score (nSPS) is 27.2. The van der Waals surface area contributed by atoms with Crippen LogP contribution in [0, 0.1) is 6.92 Å². The number of amides is 1. The summed E-state index contributed by atoms with van der Waals surface area (Å²) >= 11 is 0. The summed E-state index contributed by atoms with van der Waals surface area (Å²) < 4.78 is 13.5. The van der Waals surface area contributed by atoms with Crippen LogP contribution in [0.3, 0.4) is 0 Å². The van der Waals surface area contributed by atoms with E-state index in [1.54, 1.807) is 6.92 Å². The van der Waals surface area contributed by atoms with Crippen molar-refractivity contribution in [3.63, 3.8) is 0 Å². The number of hydrogen-bond donors (Lipinski definition) is 0. The summed E-state index contributed by atoms with van der Waals surface area (Å²) in [7, 11) is 1.88. The van der Waals surface area contributed by atoms with Crippen LogP contribution >= 0.6 is 0 Å². The van der Waals surface area contributed by atoms with Gasteiger partial charge in [0.2, 0.25) is 11.8 Å². The maximum absolute atomic E-state index is 12.8. The van der Waals surface area contributed by atoms with E-state index in [4.69, 9.17) is 9.15 Å². The number of likely N-dealkylation sites (tertiary alicyclic amines) is 1. The molecule has 122 valence electrons. The van der Waals surface area contributed by atoms with E-state index in [2.05, 4.69) is 10.2 Å². The number of hydrogen-bond acceptors (Lipinski definition) is 5. The Morgan fingerprint density at radius 3 is 3.00 bits per heavy atom. The van der Waals surface area contributed by atoms with Crippen molar-refractivity contribution >= 4 is 5.91 Å². The molecule has 0 spiro atoms. The fraction of sp³-hybridized carbons (Fsp3) is 0.562. The average molecular weight is 316 g/mol. The molecule has 0 N–H and O–H groups in total. The molecule has 2 aromatic rings. The van der Waals surface area contributed by atoms with Gasteiger partial charge in [0.1, 0.15) is 5.69 Å². The number of rotatable bonds is 2. The molecule has 4 rings (SSSR count). The van der Waals surface area contributed by atoms with Crippen LogP contribution < -0.4 is 0 Å². The average Bonchev–Trinajstić information content (AvgIpc) is 3.25. The van der Waals surface area contributed by atoms with Gasteiger partial charge in [0.25, 0.3) is 5.91 Å². The Morgan fingerprint density at radius 1 is 1.43 bits per heavy atom. The molecule has 0 aliphatic carbocycles. The van der Waals surface area contributed by atoms with Crippen molar-refractivity contribution < 1.29 is 13.9 Å². The summed E-state index contributed by atoms with van der Waals surface area (Å²) in [4.78, 5) is 14.7. The zero-order chi connectivity index (χ0) is 16.0. The zero-order valence-corrected chi connectivity index (χ0v) is 13.4. The van der Waals surface area contributed by atoms with Crippen LogP contribution in [-0.4, -0.2) is 51.4 Å². The molecule has 0 radical (unpaired) electrons. The maximum Gasteiger partial charge on any atom is 0.270 e. The quantitative estimate of drug-likeness (QED) is 0.835. The Morgan fingerprint density at radius 2 is 2.30 bits per heavy atom. The number of nitrogens with zero attached hydrogens (tertiary/aromatic N) is 4. The lowest BCUT2D eigenvalue weighted by molar-refractivity contribution is 0.00932. The third-order valence-corrected chi connectivity index (χ3v) is 5.02. The van der Waals surface area contributed by atoms with Crippen LogP contribution in [0.4, 0.5) is 0 Å². The molecule has 0 bridgehead atoms. The number of aryl methyl sites for hydroxylation is 2. The maximum atomic E-state index is 12.8. The number of piperidine rings is 1. The summed E-state index contributed by atoms with van der Waals surface area (Å²) in [5.41, 5.74) is 0.319. The Kier molecular flexibility index (Phi) is 3.26. The second-order valence-electron chi connectivity index (χ2n) is 6.41. The van der Waals surface area contributed by atoms with E-state index in [0.29, 0.717) is 37.2 Å². The first-order valence-electron chi connectivity index (χ1n) is 7.93. The topological polar surface area (TPSA) is 73.4 Å². The highest BCUT2D eigenvalue weighted by atomic mass is 16.5. The van der Waals surface area contributed by atoms with Gasteiger partial charge in [-0.15, -0.1) is 10.2 Å². The molecule has 2 fully saturated rings. The molecule has 0 aromatic carbocycles. The summed E-state index contributed by atoms with van der Waals surface area (Å²) in [6, 6.07) is 3.74. The number of carbonyl (C=O) groups is 1. The van der Waals surface area contributed by atoms with Crippen molar-refractivity contribution in [3.05, 3.63) is 35.8 Å². The highest BCUT2D eigenvalue weighted by molar-refractivity contribution is 5.93. The summed E-state index contributed by atoms with van der Waals surface area (Å²) in [6.07, 6.45) is 3.52. The van der Waals surface area contributed by atoms with Crippen molar-refractivity contribution in [3.8, 4) is 0 Å². The first kappa shape index (κ1) is 14.4. The van der Waals surface area contributed by atoms with Crippen LogP contribution in [0.25, 0.3) is 0 Å². The lowest BCUT2D eigenvalue weighted by Crippen LogP contribution is -2.54. The van der Waals surface area contributed by atoms with E-state index in [1.807, 2.05) is 34.8 Å². The molecule has 2 saturated heterocycles. The summed E-state index contributed by atoms with van der Waals surface area (Å²) in [5, 5.41) is 8.21. The standard InChI is InChI=1S/C16H20N4O3/c1-11-17-18-15(23-11)16-6-9-22-13(16)5-8-20(10-16)14(21)12-4-3-7-19(12)2/h3-4,7,13H,5-6,8-10H2,1-2H3/t13-,16-/m1/s1. The highest BCUT2D eigenvalue weighted by Crippen LogP contribution is 2.43. The second kappa shape index (κ2) is 5.19. The monoisotopic (exact) mass is 316 g/mol. The van der Waals surface area contributed by atoms with E-state index < -0.39 is 0 Å². The first-order chi connectivity index (χ1) is 11.1. The molecule has 7 nitrogen and oxygen atoms in total. The molecule has 2 aliphatic heterocycles. The van der Waals surface area contributed by atoms with Crippen LogP contribution in [0.2, 0.25) is 0 Å². The Labute approximate surface area is 134 Å². The Bertz CT molecular complexity index is 737. The van der Waals surface area contributed by atoms with Crippen molar-refractivity contribution in [2.24, 2.45) is 7.05 Å². The third kappa shape index (κ3) is 2.18. The molecule has 0 saturated carbocycles. The fourth-order valence-corrected chi connectivity index (χ4v) is 3.77. The summed E-state index contributed by atoms with van der Waals surface area (Å²) in [6.45, 7) is 3.69. The number of fused-ring (bicyclic) bond motifs is 1. The lowest BCUT2D eigenvalue weighted by atomic mass is 9.76. The molecule has 0 unspecified atom stereocenters. The van der Waals surface area contributed by atoms with Gasteiger partial charge >= 0.3 is 0 Å². The van der Waals surface area contributed by atoms with Gasteiger partial charge < -0.3 is 18.6 Å². The second-order valence-corrected chi connectivity index (χ2v) is 6.41. The molecule has 7 heteroatoms. The molecule has 4 heterocycles. The number of aromatic nitrogens is 3. The predicted octanol–water partition coefficient (Wildman–Crippen LogP) is 1.29. The van der Waals surface area contributed by atoms with Gasteiger partial charge in [-0.25, -0.2) is 0 Å². The van der Waals surface area contributed by atoms with E-state index >= 15 is 0 Å². The van der Waals surface area contributed by atoms with Crippen LogP contribution in [0.15, 0.2) is 22.7 Å². The van der Waals surface area contributed by atoms with Gasteiger partial charge in [0.15, 0.2) is 0 Å². The van der Waals surface area contributed by atoms with E-state index in [-0.39, 0.29) is 17.4 Å². The smallest absolute Gasteiger partial charge is 0.270 e. The molecule has 2 atom stereocenters. The van der Waals surface area contributed by atoms with Crippen LogP contribution in [0.1, 0.15) is 35.1 Å². The number of ether oxygens (including phenoxy) is 1. The van der Waals surface area contributed by atoms with Crippen molar-refractivity contribution in [2.45, 2.75) is 31.3 Å². The molecule has 1 amide bonds. The molecule has 2 aromatic heterocycles. The van der Waals surface area contributed by atoms with Gasteiger partial charge in [-0.05, 0) is 25.0 Å². The molecule has 23 heavy (non-hydrogen) atoms. The van der Waals surface area contributed by atoms with Gasteiger partial charge in [0, 0.05) is 39.9 Å². The minimum atomic E-state index is -0.375. The van der Waals surface area contributed by atoms with E-state index in [0.717, 1.165) is 12.8 Å². The fourth-order valence-electron chi connectivity index (χ4n) is 3.77. The number of carbonyl (C=O) groups excluding carboxylic acids is 1. The van der Waals surface area contributed by atoms with Crippen LogP contribution in [-0.2, 0) is 17.2 Å². The highest BCUT2D eigenvalue weighted by Gasteiger charge is 2.53. The van der Waals surface area contributed by atoms with E-state index in [1.165, 1.54) is 0 Å². The SMILES string of the molecule is Cc1nnc([C@@]23CCO[C@@H]2CCN(C(=O)c2cccn2C)C3)o1. The predicted molar refractivity (Wildman–Crippen MR) is 81.0 cm³/mol. The van der Waals surface area contributed by atoms with Crippen molar-refractivity contribution in [1.82, 2.24) is 19.7 Å². The molecule has 2 aliphatic rings. The van der Waals surface area contributed by atoms with E-state index in [9.17, 15) is 4.79 Å². The largest absolute Gasteiger partial charge is 0.425 e. The Hall–Kier alpha value is -2.15. The summed E-state index contributed by atoms with van der Waals surface area (Å²) in [5.74, 6) is 1.19. The van der Waals surface area contributed by atoms with Gasteiger partial charge in [-0.3, -0.25) is 4.79 Å².